The molecule has 0 unspecified atom stereocenters. The summed E-state index contributed by atoms with van der Waals surface area (Å²) in [5.41, 5.74) is 0. The second kappa shape index (κ2) is 16.0. The number of hydrogen-bond donors (Lipinski definition) is 0. The van der Waals surface area contributed by atoms with Crippen molar-refractivity contribution >= 4 is 34.6 Å². The Kier molecular flexibility index (Phi) is 18.7. The zero-order chi connectivity index (χ0) is 26.6. The molecule has 190 valence electrons. The van der Waals surface area contributed by atoms with Crippen molar-refractivity contribution in [1.82, 2.24) is 0 Å². The largest absolute Gasteiger partial charge is 2.00 e. The normalized spacial score (nSPS) is 13.0. The van der Waals surface area contributed by atoms with Crippen molar-refractivity contribution < 1.29 is 82.0 Å². The number of halogens is 12. The Morgan fingerprint density at radius 3 is 0.939 bits per heavy atom. The molecule has 0 aromatic heterocycles. The van der Waals surface area contributed by atoms with E-state index in [0.29, 0.717) is 13.2 Å². The summed E-state index contributed by atoms with van der Waals surface area (Å²) in [5, 5.41) is 19.6. The zero-order valence-corrected chi connectivity index (χ0v) is 17.7. The van der Waals surface area contributed by atoms with Crippen LogP contribution in [0.25, 0.3) is 0 Å². The monoisotopic (exact) mass is 528 g/mol. The van der Waals surface area contributed by atoms with Crippen LogP contribution in [0.1, 0.15) is 0 Å². The maximum atomic E-state index is 11.3. The first-order chi connectivity index (χ1) is 14.0. The molecule has 0 radical (unpaired) electrons. The number of methoxy groups -OCH3 is 2. The fourth-order valence-corrected chi connectivity index (χ4v) is 0.732. The average molecular weight is 529 g/mol. The van der Waals surface area contributed by atoms with E-state index < -0.39 is 59.9 Å². The molecule has 0 N–H and O–H groups in total. The predicted octanol–water partition coefficient (Wildman–Crippen LogP) is 1.75. The number of rotatable bonds is 5. The first kappa shape index (κ1) is 38.5. The minimum Gasteiger partial charge on any atom is -0.869 e. The number of ketones is 2. The van der Waals surface area contributed by atoms with E-state index in [0.717, 1.165) is 0 Å². The maximum Gasteiger partial charge on any atom is 2.00 e. The fraction of sp³-hybridized carbons (Fsp3) is 0.571. The summed E-state index contributed by atoms with van der Waals surface area (Å²) in [6, 6.07) is 0. The van der Waals surface area contributed by atoms with Crippen LogP contribution in [0.2, 0.25) is 0 Å². The van der Waals surface area contributed by atoms with E-state index in [-0.39, 0.29) is 23.1 Å². The third kappa shape index (κ3) is 21.9. The van der Waals surface area contributed by atoms with Gasteiger partial charge in [0.1, 0.15) is 0 Å². The minimum absolute atomic E-state index is 0. The molecule has 0 spiro atoms. The van der Waals surface area contributed by atoms with Gasteiger partial charge >= 0.3 is 47.8 Å². The van der Waals surface area contributed by atoms with Crippen LogP contribution in [-0.2, 0) is 19.1 Å². The summed E-state index contributed by atoms with van der Waals surface area (Å²) in [6.45, 7) is 1.38. The van der Waals surface area contributed by atoms with Gasteiger partial charge in [0.2, 0.25) is 0 Å². The molecule has 0 bridgehead atoms. The molecule has 19 heteroatoms. The molecule has 0 aromatic carbocycles. The number of ether oxygens (including phenoxy) is 2. The van der Waals surface area contributed by atoms with E-state index >= 15 is 0 Å². The molecule has 0 amide bonds. The maximum absolute atomic E-state index is 11.3. The number of carbonyl (C=O) groups excluding carboxylic acids is 2. The van der Waals surface area contributed by atoms with E-state index in [9.17, 15) is 72.5 Å². The van der Waals surface area contributed by atoms with Crippen molar-refractivity contribution in [2.24, 2.45) is 0 Å². The molecule has 0 fully saturated rings. The van der Waals surface area contributed by atoms with Crippen LogP contribution in [0.15, 0.2) is 23.7 Å². The Labute approximate surface area is 193 Å². The summed E-state index contributed by atoms with van der Waals surface area (Å²) < 4.78 is 145. The van der Waals surface area contributed by atoms with Crippen LogP contribution in [0.4, 0.5) is 52.7 Å². The summed E-state index contributed by atoms with van der Waals surface area (Å²) in [5.74, 6) is -11.3. The molecule has 33 heavy (non-hydrogen) atoms. The molecule has 0 saturated carbocycles. The SMILES string of the molecule is COCCOC.O=C(/C=C(\[O-])C(F)(F)F)C(F)(F)F.O=C(/C=C(\[O-])C(F)(F)F)C(F)(F)F.[Mg+2]. The van der Waals surface area contributed by atoms with E-state index in [1.807, 2.05) is 0 Å². The van der Waals surface area contributed by atoms with Gasteiger partial charge in [-0.2, -0.15) is 52.7 Å². The summed E-state index contributed by atoms with van der Waals surface area (Å²) in [6.07, 6.45) is -23.9. The van der Waals surface area contributed by atoms with Gasteiger partial charge in [0.05, 0.1) is 13.2 Å². The second-order valence-corrected chi connectivity index (χ2v) is 4.72. The second-order valence-electron chi connectivity index (χ2n) is 4.72. The Morgan fingerprint density at radius 2 is 0.818 bits per heavy atom. The topological polar surface area (TPSA) is 98.7 Å². The van der Waals surface area contributed by atoms with Crippen molar-refractivity contribution in [2.45, 2.75) is 24.7 Å². The first-order valence-electron chi connectivity index (χ1n) is 7.13. The smallest absolute Gasteiger partial charge is 0.869 e. The standard InChI is InChI=1S/2C5H2F6O2.C4H10O2.Mg/c2*6-4(7,8)2(12)1-3(13)5(9,10)11;1-5-3-4-6-2;/h2*1,12H;3-4H2,1-2H3;/q;;;+2/p-2/b2*2-1-;;. The first-order valence-corrected chi connectivity index (χ1v) is 7.13. The van der Waals surface area contributed by atoms with Crippen molar-refractivity contribution in [3.8, 4) is 0 Å². The molecular weight excluding hydrogens is 516 g/mol. The van der Waals surface area contributed by atoms with Crippen LogP contribution in [0.5, 0.6) is 0 Å². The summed E-state index contributed by atoms with van der Waals surface area (Å²) >= 11 is 0. The molecular formula is C14H12F12MgO6. The summed E-state index contributed by atoms with van der Waals surface area (Å²) in [7, 11) is 3.30. The van der Waals surface area contributed by atoms with Crippen molar-refractivity contribution in [2.75, 3.05) is 27.4 Å². The van der Waals surface area contributed by atoms with Crippen LogP contribution >= 0.6 is 0 Å². The van der Waals surface area contributed by atoms with Crippen LogP contribution < -0.4 is 10.2 Å². The Morgan fingerprint density at radius 1 is 0.606 bits per heavy atom. The van der Waals surface area contributed by atoms with Gasteiger partial charge in [0, 0.05) is 14.2 Å². The molecule has 0 aliphatic heterocycles. The quantitative estimate of drug-likeness (QED) is 0.177. The van der Waals surface area contributed by atoms with Gasteiger partial charge < -0.3 is 19.7 Å². The van der Waals surface area contributed by atoms with Gasteiger partial charge in [-0.3, -0.25) is 9.59 Å². The van der Waals surface area contributed by atoms with Crippen LogP contribution in [0, 0.1) is 0 Å². The van der Waals surface area contributed by atoms with Crippen molar-refractivity contribution in [3.63, 3.8) is 0 Å². The third-order valence-electron chi connectivity index (χ3n) is 2.13. The van der Waals surface area contributed by atoms with E-state index in [1.54, 1.807) is 14.2 Å². The molecule has 0 rings (SSSR count). The molecule has 0 aliphatic rings. The summed E-state index contributed by atoms with van der Waals surface area (Å²) in [4.78, 5) is 19.6. The van der Waals surface area contributed by atoms with E-state index in [1.165, 1.54) is 0 Å². The van der Waals surface area contributed by atoms with Gasteiger partial charge in [-0.15, -0.1) is 0 Å². The van der Waals surface area contributed by atoms with Gasteiger partial charge in [0.15, 0.2) is 0 Å². The average Bonchev–Trinajstić information content (AvgIpc) is 2.57. The van der Waals surface area contributed by atoms with E-state index in [2.05, 4.69) is 9.47 Å². The third-order valence-corrected chi connectivity index (χ3v) is 2.13. The van der Waals surface area contributed by atoms with Gasteiger partial charge in [-0.05, 0) is 23.7 Å². The fourth-order valence-electron chi connectivity index (χ4n) is 0.732. The van der Waals surface area contributed by atoms with Gasteiger partial charge in [-0.1, -0.05) is 0 Å². The van der Waals surface area contributed by atoms with Crippen LogP contribution in [-0.4, -0.2) is 86.8 Å². The number of hydrogen-bond acceptors (Lipinski definition) is 6. The molecule has 0 aromatic rings. The number of carbonyl (C=O) groups is 2. The Balaban J connectivity index is -0.000000201. The minimum atomic E-state index is -5.46. The Hall–Kier alpha value is -1.73. The molecule has 6 nitrogen and oxygen atoms in total. The molecule has 0 saturated heterocycles. The predicted molar refractivity (Wildman–Crippen MR) is 79.9 cm³/mol. The zero-order valence-electron chi connectivity index (χ0n) is 16.3. The van der Waals surface area contributed by atoms with Crippen molar-refractivity contribution in [1.29, 1.82) is 0 Å². The number of alkyl halides is 12. The van der Waals surface area contributed by atoms with Crippen LogP contribution in [0.3, 0.4) is 0 Å². The molecule has 0 aliphatic carbocycles. The molecule has 0 heterocycles. The molecule has 0 atom stereocenters. The van der Waals surface area contributed by atoms with Crippen molar-refractivity contribution in [3.05, 3.63) is 23.7 Å². The van der Waals surface area contributed by atoms with E-state index in [4.69, 9.17) is 0 Å². The number of allylic oxidation sites excluding steroid dienone is 4. The Bertz CT molecular complexity index is 591. The van der Waals surface area contributed by atoms with Gasteiger partial charge in [0.25, 0.3) is 11.6 Å². The van der Waals surface area contributed by atoms with Gasteiger partial charge in [-0.25, -0.2) is 0 Å².